The van der Waals surface area contributed by atoms with Crippen LogP contribution in [0.5, 0.6) is 0 Å². The van der Waals surface area contributed by atoms with Crippen LogP contribution in [-0.2, 0) is 0 Å². The molecule has 1 nitrogen and oxygen atoms in total. The first kappa shape index (κ1) is 12.1. The molecule has 1 rings (SSSR count). The number of thioether (sulfide) groups is 1. The second kappa shape index (κ2) is 5.82. The lowest BCUT2D eigenvalue weighted by atomic mass is 10.0. The topological polar surface area (TPSA) is 23.8 Å². The summed E-state index contributed by atoms with van der Waals surface area (Å²) in [7, 11) is 0. The van der Waals surface area contributed by atoms with E-state index in [9.17, 15) is 0 Å². The highest BCUT2D eigenvalue weighted by Gasteiger charge is 2.04. The Morgan fingerprint density at radius 2 is 1.80 bits per heavy atom. The van der Waals surface area contributed by atoms with E-state index in [0.717, 1.165) is 0 Å². The van der Waals surface area contributed by atoms with Gasteiger partial charge in [0.1, 0.15) is 0 Å². The molecule has 2 heteroatoms. The zero-order chi connectivity index (χ0) is 11.3. The van der Waals surface area contributed by atoms with Gasteiger partial charge in [0.2, 0.25) is 0 Å². The van der Waals surface area contributed by atoms with E-state index >= 15 is 0 Å². The molecule has 1 aromatic rings. The molecule has 0 aliphatic heterocycles. The van der Waals surface area contributed by atoms with Crippen LogP contribution in [0.3, 0.4) is 0 Å². The van der Waals surface area contributed by atoms with Crippen molar-refractivity contribution in [3.8, 4) is 6.07 Å². The number of nitriles is 1. The van der Waals surface area contributed by atoms with Crippen LogP contribution >= 0.6 is 11.8 Å². The lowest BCUT2D eigenvalue weighted by Crippen LogP contribution is -1.93. The van der Waals surface area contributed by atoms with Gasteiger partial charge in [-0.25, -0.2) is 0 Å². The molecular weight excluding hydrogens is 202 g/mol. The van der Waals surface area contributed by atoms with E-state index < -0.39 is 0 Å². The molecule has 0 amide bonds. The summed E-state index contributed by atoms with van der Waals surface area (Å²) >= 11 is 1.77. The number of hydrogen-bond acceptors (Lipinski definition) is 2. The van der Waals surface area contributed by atoms with Crippen LogP contribution in [0, 0.1) is 11.3 Å². The molecule has 1 aromatic carbocycles. The first-order valence-corrected chi connectivity index (χ1v) is 6.15. The van der Waals surface area contributed by atoms with E-state index in [1.807, 2.05) is 0 Å². The Morgan fingerprint density at radius 1 is 1.20 bits per heavy atom. The maximum Gasteiger partial charge on any atom is 0.0633 e. The largest absolute Gasteiger partial charge is 0.198 e. The van der Waals surface area contributed by atoms with Crippen molar-refractivity contribution >= 4 is 11.8 Å². The minimum Gasteiger partial charge on any atom is -0.198 e. The van der Waals surface area contributed by atoms with Gasteiger partial charge in [0.15, 0.2) is 0 Å². The Hall–Kier alpha value is -0.940. The van der Waals surface area contributed by atoms with Gasteiger partial charge in [0, 0.05) is 16.6 Å². The summed E-state index contributed by atoms with van der Waals surface area (Å²) in [6.45, 7) is 6.48. The Balaban J connectivity index is 2.61. The predicted octanol–water partition coefficient (Wildman–Crippen LogP) is 4.20. The van der Waals surface area contributed by atoms with Crippen LogP contribution in [0.1, 0.15) is 38.7 Å². The van der Waals surface area contributed by atoms with Gasteiger partial charge in [-0.05, 0) is 23.6 Å². The average Bonchev–Trinajstić information content (AvgIpc) is 2.18. The molecule has 0 radical (unpaired) electrons. The summed E-state index contributed by atoms with van der Waals surface area (Å²) in [5.41, 5.74) is 1.37. The van der Waals surface area contributed by atoms with Crippen molar-refractivity contribution < 1.29 is 0 Å². The van der Waals surface area contributed by atoms with Crippen molar-refractivity contribution in [3.63, 3.8) is 0 Å². The van der Waals surface area contributed by atoms with Crippen LogP contribution in [0.15, 0.2) is 29.2 Å². The van der Waals surface area contributed by atoms with Gasteiger partial charge in [-0.15, -0.1) is 11.8 Å². The van der Waals surface area contributed by atoms with Crippen LogP contribution in [-0.4, -0.2) is 5.25 Å². The molecule has 80 valence electrons. The molecule has 0 aliphatic carbocycles. The highest BCUT2D eigenvalue weighted by molar-refractivity contribution is 7.99. The van der Waals surface area contributed by atoms with Gasteiger partial charge in [-0.1, -0.05) is 32.9 Å². The minimum atomic E-state index is 0.375. The van der Waals surface area contributed by atoms with Gasteiger partial charge in [-0.3, -0.25) is 0 Å². The van der Waals surface area contributed by atoms with Gasteiger partial charge in [0.05, 0.1) is 6.07 Å². The summed E-state index contributed by atoms with van der Waals surface area (Å²) in [4.78, 5) is 1.25. The highest BCUT2D eigenvalue weighted by Crippen LogP contribution is 2.26. The van der Waals surface area contributed by atoms with Crippen LogP contribution in [0.4, 0.5) is 0 Å². The van der Waals surface area contributed by atoms with Crippen LogP contribution in [0.2, 0.25) is 0 Å². The maximum absolute atomic E-state index is 8.57. The number of rotatable bonds is 4. The fourth-order valence-corrected chi connectivity index (χ4v) is 2.25. The summed E-state index contributed by atoms with van der Waals surface area (Å²) in [5, 5.41) is 8.94. The fraction of sp³-hybridized carbons (Fsp3) is 0.462. The Labute approximate surface area is 96.5 Å². The van der Waals surface area contributed by atoms with E-state index in [1.54, 1.807) is 11.8 Å². The lowest BCUT2D eigenvalue weighted by Gasteiger charge is -2.09. The van der Waals surface area contributed by atoms with Gasteiger partial charge >= 0.3 is 0 Å². The summed E-state index contributed by atoms with van der Waals surface area (Å²) in [5.74, 6) is 0.584. The molecule has 0 spiro atoms. The van der Waals surface area contributed by atoms with Crippen molar-refractivity contribution in [1.82, 2.24) is 0 Å². The van der Waals surface area contributed by atoms with E-state index in [1.165, 1.54) is 10.5 Å². The standard InChI is InChI=1S/C13H17NS/c1-10(2)12-4-6-13(7-5-12)15-11(3)8-9-14/h4-7,10-11H,8H2,1-3H3. The monoisotopic (exact) mass is 219 g/mol. The minimum absolute atomic E-state index is 0.375. The van der Waals surface area contributed by atoms with Crippen molar-refractivity contribution in [2.24, 2.45) is 0 Å². The molecule has 0 saturated carbocycles. The van der Waals surface area contributed by atoms with Gasteiger partial charge < -0.3 is 0 Å². The normalized spacial score (nSPS) is 12.5. The maximum atomic E-state index is 8.57. The van der Waals surface area contributed by atoms with Gasteiger partial charge in [0.25, 0.3) is 0 Å². The highest BCUT2D eigenvalue weighted by atomic mass is 32.2. The first-order chi connectivity index (χ1) is 7.13. The van der Waals surface area contributed by atoms with Crippen molar-refractivity contribution in [1.29, 1.82) is 5.26 Å². The quantitative estimate of drug-likeness (QED) is 0.708. The lowest BCUT2D eigenvalue weighted by molar-refractivity contribution is 0.864. The molecule has 0 bridgehead atoms. The molecule has 1 unspecified atom stereocenters. The van der Waals surface area contributed by atoms with Crippen molar-refractivity contribution in [2.75, 3.05) is 0 Å². The second-order valence-electron chi connectivity index (χ2n) is 4.01. The van der Waals surface area contributed by atoms with Crippen molar-refractivity contribution in [3.05, 3.63) is 29.8 Å². The third kappa shape index (κ3) is 3.97. The molecule has 15 heavy (non-hydrogen) atoms. The number of benzene rings is 1. The fourth-order valence-electron chi connectivity index (χ4n) is 1.33. The van der Waals surface area contributed by atoms with E-state index in [2.05, 4.69) is 51.1 Å². The van der Waals surface area contributed by atoms with Gasteiger partial charge in [-0.2, -0.15) is 5.26 Å². The molecule has 0 saturated heterocycles. The Kier molecular flexibility index (Phi) is 4.71. The molecule has 0 aromatic heterocycles. The second-order valence-corrected chi connectivity index (χ2v) is 5.53. The summed E-state index contributed by atoms with van der Waals surface area (Å²) < 4.78 is 0. The van der Waals surface area contributed by atoms with Crippen LogP contribution < -0.4 is 0 Å². The third-order valence-electron chi connectivity index (χ3n) is 2.26. The van der Waals surface area contributed by atoms with E-state index in [0.29, 0.717) is 17.6 Å². The summed E-state index contributed by atoms with van der Waals surface area (Å²) in [6.07, 6.45) is 0.608. The Bertz CT molecular complexity index is 335. The van der Waals surface area contributed by atoms with Crippen LogP contribution in [0.25, 0.3) is 0 Å². The zero-order valence-corrected chi connectivity index (χ0v) is 10.3. The van der Waals surface area contributed by atoms with E-state index in [-0.39, 0.29) is 0 Å². The molecule has 0 aliphatic rings. The van der Waals surface area contributed by atoms with E-state index in [4.69, 9.17) is 5.26 Å². The molecular formula is C13H17NS. The SMILES string of the molecule is CC(CC#N)Sc1ccc(C(C)C)cc1. The average molecular weight is 219 g/mol. The zero-order valence-electron chi connectivity index (χ0n) is 9.53. The third-order valence-corrected chi connectivity index (χ3v) is 3.38. The molecule has 0 fully saturated rings. The van der Waals surface area contributed by atoms with Crippen molar-refractivity contribution in [2.45, 2.75) is 43.3 Å². The molecule has 1 atom stereocenters. The first-order valence-electron chi connectivity index (χ1n) is 5.27. The smallest absolute Gasteiger partial charge is 0.0633 e. The number of nitrogens with zero attached hydrogens (tertiary/aromatic N) is 1. The molecule has 0 heterocycles. The predicted molar refractivity (Wildman–Crippen MR) is 66.1 cm³/mol. The summed E-state index contributed by atoms with van der Waals surface area (Å²) in [6, 6.07) is 10.8. The molecule has 0 N–H and O–H groups in total. The number of hydrogen-bond donors (Lipinski definition) is 0. The Morgan fingerprint density at radius 3 is 2.27 bits per heavy atom.